The molecule has 0 bridgehead atoms. The first-order valence-corrected chi connectivity index (χ1v) is 8.96. The van der Waals surface area contributed by atoms with Gasteiger partial charge in [0, 0.05) is 10.9 Å². The molecular formula is C22H21NO2. The fourth-order valence-electron chi connectivity index (χ4n) is 3.86. The van der Waals surface area contributed by atoms with Crippen LogP contribution in [0.2, 0.25) is 0 Å². The quantitative estimate of drug-likeness (QED) is 0.675. The third kappa shape index (κ3) is 3.14. The zero-order valence-corrected chi connectivity index (χ0v) is 14.1. The lowest BCUT2D eigenvalue weighted by molar-refractivity contribution is 0.0699. The fraction of sp³-hybridized carbons (Fsp3) is 0.273. The molecule has 0 unspecified atom stereocenters. The van der Waals surface area contributed by atoms with Crippen molar-refractivity contribution in [3.63, 3.8) is 0 Å². The molecule has 1 heterocycles. The highest BCUT2D eigenvalue weighted by Crippen LogP contribution is 2.33. The summed E-state index contributed by atoms with van der Waals surface area (Å²) in [5, 5.41) is 10.2. The van der Waals surface area contributed by atoms with Crippen LogP contribution in [-0.2, 0) is 0 Å². The molecule has 4 rings (SSSR count). The van der Waals surface area contributed by atoms with Gasteiger partial charge in [-0.1, -0.05) is 61.7 Å². The van der Waals surface area contributed by atoms with Gasteiger partial charge in [-0.05, 0) is 36.5 Å². The number of carboxylic acids is 1. The van der Waals surface area contributed by atoms with Gasteiger partial charge in [-0.3, -0.25) is 0 Å². The Balaban J connectivity index is 1.72. The van der Waals surface area contributed by atoms with E-state index in [9.17, 15) is 9.90 Å². The van der Waals surface area contributed by atoms with E-state index in [-0.39, 0.29) is 0 Å². The van der Waals surface area contributed by atoms with Crippen molar-refractivity contribution in [1.29, 1.82) is 0 Å². The van der Waals surface area contributed by atoms with Crippen molar-refractivity contribution in [2.75, 3.05) is 0 Å². The molecule has 0 amide bonds. The van der Waals surface area contributed by atoms with E-state index in [1.54, 1.807) is 6.07 Å². The number of hydrogen-bond donors (Lipinski definition) is 1. The van der Waals surface area contributed by atoms with Crippen LogP contribution in [0, 0.1) is 0 Å². The summed E-state index contributed by atoms with van der Waals surface area (Å²) in [5.74, 6) is -0.249. The van der Waals surface area contributed by atoms with E-state index in [0.717, 1.165) is 5.56 Å². The standard InChI is InChI=1S/C22H21NO2/c24-22(25)19-14-21(23-20-9-5-4-8-18(19)20)17-12-10-16(11-13-17)15-6-2-1-3-7-15/h4-5,8-15H,1-3,6-7H2,(H,24,25). The van der Waals surface area contributed by atoms with Crippen LogP contribution in [0.5, 0.6) is 0 Å². The molecule has 2 aromatic carbocycles. The van der Waals surface area contributed by atoms with Crippen LogP contribution >= 0.6 is 0 Å². The third-order valence-electron chi connectivity index (χ3n) is 5.23. The predicted molar refractivity (Wildman–Crippen MR) is 100.0 cm³/mol. The number of rotatable bonds is 3. The third-order valence-corrected chi connectivity index (χ3v) is 5.23. The van der Waals surface area contributed by atoms with E-state index in [4.69, 9.17) is 0 Å². The monoisotopic (exact) mass is 331 g/mol. The minimum absolute atomic E-state index is 0.303. The van der Waals surface area contributed by atoms with Crippen LogP contribution in [0.25, 0.3) is 22.2 Å². The maximum atomic E-state index is 11.6. The number of fused-ring (bicyclic) bond motifs is 1. The molecule has 3 heteroatoms. The molecule has 1 N–H and O–H groups in total. The highest BCUT2D eigenvalue weighted by atomic mass is 16.4. The lowest BCUT2D eigenvalue weighted by Gasteiger charge is -2.22. The summed E-state index contributed by atoms with van der Waals surface area (Å²) < 4.78 is 0. The Hall–Kier alpha value is -2.68. The number of hydrogen-bond acceptors (Lipinski definition) is 2. The molecule has 25 heavy (non-hydrogen) atoms. The Morgan fingerprint density at radius 1 is 0.960 bits per heavy atom. The summed E-state index contributed by atoms with van der Waals surface area (Å²) >= 11 is 0. The van der Waals surface area contributed by atoms with Crippen molar-refractivity contribution in [1.82, 2.24) is 4.98 Å². The second kappa shape index (κ2) is 6.67. The second-order valence-corrected chi connectivity index (χ2v) is 6.83. The van der Waals surface area contributed by atoms with Gasteiger partial charge >= 0.3 is 5.97 Å². The van der Waals surface area contributed by atoms with Gasteiger partial charge in [0.25, 0.3) is 0 Å². The van der Waals surface area contributed by atoms with E-state index >= 15 is 0 Å². The zero-order chi connectivity index (χ0) is 17.2. The number of nitrogens with zero attached hydrogens (tertiary/aromatic N) is 1. The first-order chi connectivity index (χ1) is 12.2. The average Bonchev–Trinajstić information content (AvgIpc) is 2.68. The van der Waals surface area contributed by atoms with Crippen LogP contribution in [0.4, 0.5) is 0 Å². The first kappa shape index (κ1) is 15.8. The highest BCUT2D eigenvalue weighted by Gasteiger charge is 2.16. The summed E-state index contributed by atoms with van der Waals surface area (Å²) in [6.45, 7) is 0. The van der Waals surface area contributed by atoms with Crippen molar-refractivity contribution in [2.45, 2.75) is 38.0 Å². The normalized spacial score (nSPS) is 15.4. The van der Waals surface area contributed by atoms with Crippen LogP contribution < -0.4 is 0 Å². The molecule has 126 valence electrons. The lowest BCUT2D eigenvalue weighted by Crippen LogP contribution is -2.04. The van der Waals surface area contributed by atoms with Crippen molar-refractivity contribution < 1.29 is 9.90 Å². The Labute approximate surface area is 147 Å². The summed E-state index contributed by atoms with van der Waals surface area (Å²) in [4.78, 5) is 16.3. The molecule has 1 fully saturated rings. The maximum absolute atomic E-state index is 11.6. The molecule has 0 spiro atoms. The van der Waals surface area contributed by atoms with Gasteiger partial charge in [-0.25, -0.2) is 9.78 Å². The van der Waals surface area contributed by atoms with Crippen LogP contribution in [-0.4, -0.2) is 16.1 Å². The Bertz CT molecular complexity index is 909. The maximum Gasteiger partial charge on any atom is 0.336 e. The average molecular weight is 331 g/mol. The van der Waals surface area contributed by atoms with Crippen LogP contribution in [0.3, 0.4) is 0 Å². The lowest BCUT2D eigenvalue weighted by atomic mass is 9.84. The largest absolute Gasteiger partial charge is 0.478 e. The minimum atomic E-state index is -0.918. The van der Waals surface area contributed by atoms with E-state index in [2.05, 4.69) is 29.2 Å². The fourth-order valence-corrected chi connectivity index (χ4v) is 3.86. The SMILES string of the molecule is O=C(O)c1cc(-c2ccc(C3CCCCC3)cc2)nc2ccccc12. The number of benzene rings is 2. The number of aromatic carboxylic acids is 1. The van der Waals surface area contributed by atoms with Crippen molar-refractivity contribution in [2.24, 2.45) is 0 Å². The van der Waals surface area contributed by atoms with Gasteiger partial charge in [0.1, 0.15) is 0 Å². The molecule has 0 radical (unpaired) electrons. The van der Waals surface area contributed by atoms with E-state index in [1.165, 1.54) is 37.7 Å². The Kier molecular flexibility index (Phi) is 4.22. The summed E-state index contributed by atoms with van der Waals surface area (Å²) in [7, 11) is 0. The zero-order valence-electron chi connectivity index (χ0n) is 14.1. The summed E-state index contributed by atoms with van der Waals surface area (Å²) in [6.07, 6.45) is 6.54. The smallest absolute Gasteiger partial charge is 0.336 e. The Morgan fingerprint density at radius 3 is 2.40 bits per heavy atom. The molecule has 1 aliphatic carbocycles. The van der Waals surface area contributed by atoms with Gasteiger partial charge in [0.05, 0.1) is 16.8 Å². The summed E-state index contributed by atoms with van der Waals surface area (Å²) in [5.41, 5.74) is 4.09. The van der Waals surface area contributed by atoms with E-state index in [0.29, 0.717) is 28.1 Å². The molecule has 0 saturated heterocycles. The van der Waals surface area contributed by atoms with E-state index < -0.39 is 5.97 Å². The predicted octanol–water partition coefficient (Wildman–Crippen LogP) is 5.65. The molecule has 1 aromatic heterocycles. The summed E-state index contributed by atoms with van der Waals surface area (Å²) in [6, 6.07) is 17.6. The molecule has 0 aliphatic heterocycles. The molecule has 1 aliphatic rings. The minimum Gasteiger partial charge on any atom is -0.478 e. The van der Waals surface area contributed by atoms with Crippen molar-refractivity contribution in [3.05, 3.63) is 65.7 Å². The van der Waals surface area contributed by atoms with Gasteiger partial charge < -0.3 is 5.11 Å². The van der Waals surface area contributed by atoms with Gasteiger partial charge in [0.15, 0.2) is 0 Å². The molecule has 0 atom stereocenters. The van der Waals surface area contributed by atoms with Gasteiger partial charge in [-0.15, -0.1) is 0 Å². The number of carboxylic acid groups (broad SMARTS) is 1. The second-order valence-electron chi connectivity index (χ2n) is 6.83. The van der Waals surface area contributed by atoms with Gasteiger partial charge in [-0.2, -0.15) is 0 Å². The van der Waals surface area contributed by atoms with Crippen LogP contribution in [0.1, 0.15) is 53.9 Å². The van der Waals surface area contributed by atoms with Crippen molar-refractivity contribution in [3.8, 4) is 11.3 Å². The number of para-hydroxylation sites is 1. The number of aromatic nitrogens is 1. The Morgan fingerprint density at radius 2 is 1.68 bits per heavy atom. The highest BCUT2D eigenvalue weighted by molar-refractivity contribution is 6.03. The molecule has 3 aromatic rings. The first-order valence-electron chi connectivity index (χ1n) is 8.96. The number of carbonyl (C=O) groups is 1. The van der Waals surface area contributed by atoms with E-state index in [1.807, 2.05) is 24.3 Å². The molecular weight excluding hydrogens is 310 g/mol. The number of pyridine rings is 1. The van der Waals surface area contributed by atoms with Crippen LogP contribution in [0.15, 0.2) is 54.6 Å². The topological polar surface area (TPSA) is 50.2 Å². The molecule has 3 nitrogen and oxygen atoms in total. The molecule has 1 saturated carbocycles. The van der Waals surface area contributed by atoms with Crippen molar-refractivity contribution >= 4 is 16.9 Å². The van der Waals surface area contributed by atoms with Gasteiger partial charge in [0.2, 0.25) is 0 Å².